The number of ether oxygens (including phenoxy) is 2. The van der Waals surface area contributed by atoms with Crippen LogP contribution in [0.1, 0.15) is 0 Å². The zero-order chi connectivity index (χ0) is 70.4. The summed E-state index contributed by atoms with van der Waals surface area (Å²) in [5.74, 6) is 3.81. The molecule has 0 amide bonds. The van der Waals surface area contributed by atoms with Crippen LogP contribution in [0.2, 0.25) is 5.28 Å². The number of benzene rings is 16. The fourth-order valence-corrected chi connectivity index (χ4v) is 16.9. The van der Waals surface area contributed by atoms with Crippen molar-refractivity contribution in [1.29, 1.82) is 0 Å². The quantitative estimate of drug-likeness (QED) is 0.172. The van der Waals surface area contributed by atoms with Gasteiger partial charge in [0.05, 0.1) is 66.3 Å². The lowest BCUT2D eigenvalue weighted by molar-refractivity contribution is 0.486. The summed E-state index contributed by atoms with van der Waals surface area (Å²) >= 11 is 5.98. The Bertz CT molecular complexity index is 7480. The lowest BCUT2D eigenvalue weighted by Crippen LogP contribution is -2.06. The van der Waals surface area contributed by atoms with Crippen molar-refractivity contribution >= 4 is 142 Å². The number of aromatic amines is 1. The molecule has 11 heteroatoms. The summed E-state index contributed by atoms with van der Waals surface area (Å²) in [4.78, 5) is 22.5. The number of hydrogen-bond acceptors (Lipinski definition) is 6. The summed E-state index contributed by atoms with van der Waals surface area (Å²) in [5.41, 5.74) is 21.9. The molecule has 0 aliphatic carbocycles. The molecule has 500 valence electrons. The monoisotopic (exact) mass is 1390 g/mol. The van der Waals surface area contributed by atoms with Crippen LogP contribution in [0.15, 0.2) is 340 Å². The summed E-state index contributed by atoms with van der Waals surface area (Å²) in [5, 5.41) is 17.1. The molecule has 8 heterocycles. The molecule has 10 nitrogen and oxygen atoms in total. The first-order valence-electron chi connectivity index (χ1n) is 35.9. The molecule has 16 aromatic carbocycles. The second-order valence-corrected chi connectivity index (χ2v) is 27.7. The van der Waals surface area contributed by atoms with Crippen molar-refractivity contribution in [3.63, 3.8) is 0 Å². The third-order valence-corrected chi connectivity index (χ3v) is 21.6. The molecule has 0 radical (unpaired) electrons. The number of para-hydroxylation sites is 8. The Balaban J connectivity index is 0.000000113. The van der Waals surface area contributed by atoms with Gasteiger partial charge in [0.15, 0.2) is 0 Å². The minimum absolute atomic E-state index is 0.256. The molecule has 0 fully saturated rings. The third-order valence-electron chi connectivity index (χ3n) is 21.4. The second kappa shape index (κ2) is 23.9. The van der Waals surface area contributed by atoms with Crippen LogP contribution in [0, 0.1) is 0 Å². The van der Waals surface area contributed by atoms with Crippen molar-refractivity contribution in [2.24, 2.45) is 0 Å². The van der Waals surface area contributed by atoms with Crippen LogP contribution in [0.5, 0.6) is 23.0 Å². The summed E-state index contributed by atoms with van der Waals surface area (Å²) < 4.78 is 19.1. The molecular weight excluding hydrogens is 1330 g/mol. The van der Waals surface area contributed by atoms with Crippen molar-refractivity contribution in [3.8, 4) is 85.1 Å². The number of nitrogens with one attached hydrogen (secondary N) is 1. The maximum atomic E-state index is 6.27. The molecular formula is C96H57ClN8O2. The number of fused-ring (bicyclic) bond motifs is 20. The fourth-order valence-electron chi connectivity index (χ4n) is 16.7. The van der Waals surface area contributed by atoms with Gasteiger partial charge in [-0.05, 0) is 201 Å². The van der Waals surface area contributed by atoms with Crippen molar-refractivity contribution < 1.29 is 9.47 Å². The van der Waals surface area contributed by atoms with Crippen molar-refractivity contribution in [1.82, 2.24) is 38.6 Å². The zero-order valence-corrected chi connectivity index (χ0v) is 57.9. The van der Waals surface area contributed by atoms with E-state index in [9.17, 15) is 0 Å². The maximum Gasteiger partial charge on any atom is 0.235 e. The SMILES string of the molecule is Clc1nc2c3c(cccc3n1)Oc1ccccc1-2.c1ccc(-n2c3ccccc3c3c4ccc(-c5ccc6[nH]c7ccccc7c6c5)cc4ccc32)cc1.c1ccc(-n2c3ccccc3c3c4ccc(-c5ccc6c(c5)c5ccccc5n6-c5nc6c7c(cccc7n5)Oc5ccccc5-6)cc4ccc32)cc1. The molecule has 0 bridgehead atoms. The van der Waals surface area contributed by atoms with Gasteiger partial charge in [-0.1, -0.05) is 194 Å². The highest BCUT2D eigenvalue weighted by Gasteiger charge is 2.27. The largest absolute Gasteiger partial charge is 0.456 e. The van der Waals surface area contributed by atoms with Gasteiger partial charge in [0.1, 0.15) is 23.0 Å². The predicted octanol–water partition coefficient (Wildman–Crippen LogP) is 25.7. The van der Waals surface area contributed by atoms with E-state index in [1.807, 2.05) is 78.9 Å². The average molecular weight is 1390 g/mol. The molecule has 24 rings (SSSR count). The molecule has 0 spiro atoms. The lowest BCUT2D eigenvalue weighted by atomic mass is 9.97. The van der Waals surface area contributed by atoms with E-state index in [1.54, 1.807) is 0 Å². The highest BCUT2D eigenvalue weighted by Crippen LogP contribution is 2.49. The Labute approximate surface area is 616 Å². The summed E-state index contributed by atoms with van der Waals surface area (Å²) in [6, 6.07) is 120. The van der Waals surface area contributed by atoms with Gasteiger partial charge in [-0.15, -0.1) is 0 Å². The summed E-state index contributed by atoms with van der Waals surface area (Å²) in [7, 11) is 0. The van der Waals surface area contributed by atoms with Gasteiger partial charge in [-0.25, -0.2) is 19.9 Å². The molecule has 0 saturated carbocycles. The molecule has 2 aliphatic rings. The first-order chi connectivity index (χ1) is 53.0. The van der Waals surface area contributed by atoms with Gasteiger partial charge in [-0.2, -0.15) is 0 Å². The van der Waals surface area contributed by atoms with Gasteiger partial charge < -0.3 is 23.6 Å². The van der Waals surface area contributed by atoms with Crippen LogP contribution in [0.3, 0.4) is 0 Å². The van der Waals surface area contributed by atoms with Gasteiger partial charge >= 0.3 is 0 Å². The minimum atomic E-state index is 0.256. The zero-order valence-electron chi connectivity index (χ0n) is 57.2. The Morgan fingerprint density at radius 2 is 0.692 bits per heavy atom. The van der Waals surface area contributed by atoms with Crippen LogP contribution in [0.25, 0.3) is 193 Å². The molecule has 1 N–H and O–H groups in total. The van der Waals surface area contributed by atoms with E-state index in [0.717, 1.165) is 89.1 Å². The van der Waals surface area contributed by atoms with E-state index in [1.165, 1.54) is 121 Å². The smallest absolute Gasteiger partial charge is 0.235 e. The van der Waals surface area contributed by atoms with Crippen LogP contribution in [0.4, 0.5) is 0 Å². The normalized spacial score (nSPS) is 12.1. The number of hydrogen-bond donors (Lipinski definition) is 1. The van der Waals surface area contributed by atoms with Gasteiger partial charge in [0, 0.05) is 76.6 Å². The minimum Gasteiger partial charge on any atom is -0.456 e. The highest BCUT2D eigenvalue weighted by atomic mass is 35.5. The van der Waals surface area contributed by atoms with Crippen molar-refractivity contribution in [3.05, 3.63) is 345 Å². The average Bonchev–Trinajstić information content (AvgIpc) is 1.64. The van der Waals surface area contributed by atoms with E-state index in [0.29, 0.717) is 5.95 Å². The van der Waals surface area contributed by atoms with E-state index >= 15 is 0 Å². The van der Waals surface area contributed by atoms with Crippen LogP contribution >= 0.6 is 11.6 Å². The van der Waals surface area contributed by atoms with Crippen LogP contribution in [-0.2, 0) is 0 Å². The van der Waals surface area contributed by atoms with Crippen molar-refractivity contribution in [2.45, 2.75) is 0 Å². The van der Waals surface area contributed by atoms with E-state index in [2.05, 4.69) is 290 Å². The standard InChI is InChI=1S/C48H28N4O.C34H22N2.C14H7ClN2O/c1-2-11-32(12-3-1)51-40-18-8-5-14-35(40)45-33-24-21-29(27-31(33)23-26-42(45)51)30-22-25-41-37(28-30)34-13-4-7-17-39(34)52(41)48-49-38-16-10-20-44-46(38)47(50-48)36-15-6-9-19-43(36)53-44;1-2-8-25(9-3-1)36-32-13-7-5-11-28(32)34-26-17-14-22(20-24(26)16-19-33(34)36)23-15-18-31-29(21-23)27-10-4-6-12-30(27)35-31;15-14-16-9-5-3-7-11-12(9)13(17-14)8-4-1-2-6-10(8)18-11/h1-28H;1-21,35H;1-7H. The fraction of sp³-hybridized carbons (Fsp3) is 0. The Hall–Kier alpha value is -14.2. The number of nitrogens with zero attached hydrogens (tertiary/aromatic N) is 7. The predicted molar refractivity (Wildman–Crippen MR) is 440 cm³/mol. The first kappa shape index (κ1) is 60.4. The molecule has 0 atom stereocenters. The number of aromatic nitrogens is 8. The third kappa shape index (κ3) is 9.59. The highest BCUT2D eigenvalue weighted by molar-refractivity contribution is 6.29. The van der Waals surface area contributed by atoms with Gasteiger partial charge in [-0.3, -0.25) is 4.57 Å². The van der Waals surface area contributed by atoms with Crippen molar-refractivity contribution in [2.75, 3.05) is 0 Å². The Morgan fingerprint density at radius 1 is 0.262 bits per heavy atom. The molecule has 2 aliphatic heterocycles. The van der Waals surface area contributed by atoms with E-state index < -0.39 is 0 Å². The van der Waals surface area contributed by atoms with E-state index in [4.69, 9.17) is 31.0 Å². The second-order valence-electron chi connectivity index (χ2n) is 27.4. The number of rotatable bonds is 5. The van der Waals surface area contributed by atoms with Gasteiger partial charge in [0.25, 0.3) is 0 Å². The Morgan fingerprint density at radius 3 is 1.29 bits per heavy atom. The van der Waals surface area contributed by atoms with Crippen LogP contribution < -0.4 is 9.47 Å². The lowest BCUT2D eigenvalue weighted by Gasteiger charge is -2.20. The number of halogens is 1. The topological polar surface area (TPSA) is 101 Å². The summed E-state index contributed by atoms with van der Waals surface area (Å²) in [6.45, 7) is 0. The Kier molecular flexibility index (Phi) is 13.5. The molecule has 0 unspecified atom stereocenters. The number of H-pyrrole nitrogens is 1. The van der Waals surface area contributed by atoms with E-state index in [-0.39, 0.29) is 5.28 Å². The molecule has 0 saturated heterocycles. The molecule has 6 aromatic heterocycles. The first-order valence-corrected chi connectivity index (χ1v) is 36.2. The molecule has 107 heavy (non-hydrogen) atoms. The summed E-state index contributed by atoms with van der Waals surface area (Å²) in [6.07, 6.45) is 0. The molecule has 22 aromatic rings. The van der Waals surface area contributed by atoms with Crippen LogP contribution in [-0.4, -0.2) is 38.6 Å². The maximum absolute atomic E-state index is 6.27. The van der Waals surface area contributed by atoms with Gasteiger partial charge in [0.2, 0.25) is 11.2 Å².